The Morgan fingerprint density at radius 2 is 2.18 bits per heavy atom. The van der Waals surface area contributed by atoms with E-state index in [-0.39, 0.29) is 11.3 Å². The van der Waals surface area contributed by atoms with Crippen LogP contribution < -0.4 is 11.3 Å². The van der Waals surface area contributed by atoms with E-state index in [2.05, 4.69) is 10.2 Å². The Labute approximate surface area is 168 Å². The van der Waals surface area contributed by atoms with Crippen LogP contribution in [-0.2, 0) is 17.6 Å². The van der Waals surface area contributed by atoms with Gasteiger partial charge in [-0.25, -0.2) is 8.97 Å². The quantitative estimate of drug-likeness (QED) is 0.521. The summed E-state index contributed by atoms with van der Waals surface area (Å²) in [7, 11) is 0. The molecule has 0 radical (unpaired) electrons. The molecule has 0 saturated carbocycles. The Morgan fingerprint density at radius 3 is 2.96 bits per heavy atom. The number of nitrogens with zero attached hydrogens (tertiary/aromatic N) is 4. The maximum Gasteiger partial charge on any atom is 0.268 e. The van der Waals surface area contributed by atoms with Gasteiger partial charge in [-0.3, -0.25) is 9.59 Å². The first-order valence-corrected chi connectivity index (χ1v) is 10.8. The van der Waals surface area contributed by atoms with E-state index in [0.717, 1.165) is 46.3 Å². The maximum atomic E-state index is 13.6. The molecule has 7 nitrogen and oxygen atoms in total. The topological polar surface area (TPSA) is 95.3 Å². The SMILES string of the molecule is Cc1cccc(-n2c(=O)c3c4c(sc3n3c(SCC(N)=O)nnc23)CCC4)c1. The van der Waals surface area contributed by atoms with E-state index >= 15 is 0 Å². The van der Waals surface area contributed by atoms with E-state index in [1.165, 1.54) is 16.6 Å². The maximum absolute atomic E-state index is 13.6. The van der Waals surface area contributed by atoms with Crippen LogP contribution in [0.4, 0.5) is 0 Å². The summed E-state index contributed by atoms with van der Waals surface area (Å²) < 4.78 is 3.53. The van der Waals surface area contributed by atoms with Gasteiger partial charge in [-0.05, 0) is 49.4 Å². The molecular formula is C19H17N5O2S2. The molecule has 0 bridgehead atoms. The molecule has 2 N–H and O–H groups in total. The highest BCUT2D eigenvalue weighted by molar-refractivity contribution is 7.99. The zero-order valence-corrected chi connectivity index (χ0v) is 16.8. The van der Waals surface area contributed by atoms with E-state index in [4.69, 9.17) is 5.73 Å². The van der Waals surface area contributed by atoms with Gasteiger partial charge in [-0.1, -0.05) is 23.9 Å². The molecule has 4 aromatic rings. The highest BCUT2D eigenvalue weighted by Crippen LogP contribution is 2.37. The average Bonchev–Trinajstić information content (AvgIpc) is 3.33. The number of carbonyl (C=O) groups excluding carboxylic acids is 1. The van der Waals surface area contributed by atoms with Gasteiger partial charge in [0.05, 0.1) is 16.8 Å². The molecule has 9 heteroatoms. The monoisotopic (exact) mass is 411 g/mol. The van der Waals surface area contributed by atoms with Crippen molar-refractivity contribution in [3.63, 3.8) is 0 Å². The third kappa shape index (κ3) is 2.57. The van der Waals surface area contributed by atoms with E-state index < -0.39 is 5.91 Å². The number of amides is 1. The minimum absolute atomic E-state index is 0.0636. The van der Waals surface area contributed by atoms with Gasteiger partial charge < -0.3 is 5.73 Å². The Bertz CT molecular complexity index is 1320. The van der Waals surface area contributed by atoms with Crippen molar-refractivity contribution in [2.24, 2.45) is 5.73 Å². The van der Waals surface area contributed by atoms with Gasteiger partial charge in [0.1, 0.15) is 4.83 Å². The average molecular weight is 412 g/mol. The Hall–Kier alpha value is -2.65. The predicted octanol–water partition coefficient (Wildman–Crippen LogP) is 2.47. The number of aryl methyl sites for hydroxylation is 3. The van der Waals surface area contributed by atoms with E-state index in [9.17, 15) is 9.59 Å². The van der Waals surface area contributed by atoms with Crippen LogP contribution in [0.1, 0.15) is 22.4 Å². The summed E-state index contributed by atoms with van der Waals surface area (Å²) in [6, 6.07) is 7.78. The van der Waals surface area contributed by atoms with Crippen molar-refractivity contribution in [2.75, 3.05) is 5.75 Å². The van der Waals surface area contributed by atoms with Gasteiger partial charge in [-0.15, -0.1) is 21.5 Å². The molecule has 3 aromatic heterocycles. The number of nitrogens with two attached hydrogens (primary N) is 1. The Balaban J connectivity index is 1.89. The van der Waals surface area contributed by atoms with Crippen molar-refractivity contribution in [1.82, 2.24) is 19.2 Å². The first-order valence-electron chi connectivity index (χ1n) is 8.97. The van der Waals surface area contributed by atoms with Crippen molar-refractivity contribution in [3.05, 3.63) is 50.6 Å². The molecule has 5 rings (SSSR count). The lowest BCUT2D eigenvalue weighted by atomic mass is 10.2. The summed E-state index contributed by atoms with van der Waals surface area (Å²) in [5, 5.41) is 9.88. The highest BCUT2D eigenvalue weighted by atomic mass is 32.2. The van der Waals surface area contributed by atoms with Gasteiger partial charge in [0.25, 0.3) is 5.56 Å². The fraction of sp³-hybridized carbons (Fsp3) is 0.263. The van der Waals surface area contributed by atoms with Gasteiger partial charge >= 0.3 is 0 Å². The number of hydrogen-bond donors (Lipinski definition) is 1. The highest BCUT2D eigenvalue weighted by Gasteiger charge is 2.26. The van der Waals surface area contributed by atoms with Crippen LogP contribution in [0.3, 0.4) is 0 Å². The molecule has 0 saturated heterocycles. The van der Waals surface area contributed by atoms with Crippen molar-refractivity contribution in [3.8, 4) is 5.69 Å². The largest absolute Gasteiger partial charge is 0.369 e. The zero-order chi connectivity index (χ0) is 19.4. The second-order valence-corrected chi connectivity index (χ2v) is 8.92. The van der Waals surface area contributed by atoms with Crippen LogP contribution in [0.5, 0.6) is 0 Å². The minimum atomic E-state index is -0.418. The number of hydrogen-bond acceptors (Lipinski definition) is 6. The zero-order valence-electron chi connectivity index (χ0n) is 15.1. The van der Waals surface area contributed by atoms with E-state index in [1.807, 2.05) is 35.6 Å². The summed E-state index contributed by atoms with van der Waals surface area (Å²) in [4.78, 5) is 26.9. The first-order chi connectivity index (χ1) is 13.5. The summed E-state index contributed by atoms with van der Waals surface area (Å²) >= 11 is 2.87. The molecule has 142 valence electrons. The molecule has 0 fully saturated rings. The third-order valence-corrected chi connectivity index (χ3v) is 7.17. The lowest BCUT2D eigenvalue weighted by Gasteiger charge is -2.10. The Morgan fingerprint density at radius 1 is 1.32 bits per heavy atom. The summed E-state index contributed by atoms with van der Waals surface area (Å²) in [5.41, 5.74) is 8.21. The molecule has 0 aliphatic heterocycles. The Kier molecular flexibility index (Phi) is 4.02. The fourth-order valence-electron chi connectivity index (χ4n) is 3.78. The normalized spacial score (nSPS) is 13.5. The smallest absolute Gasteiger partial charge is 0.268 e. The molecule has 1 aliphatic rings. The van der Waals surface area contributed by atoms with Crippen molar-refractivity contribution in [2.45, 2.75) is 31.3 Å². The predicted molar refractivity (Wildman–Crippen MR) is 111 cm³/mol. The van der Waals surface area contributed by atoms with E-state index in [0.29, 0.717) is 10.9 Å². The van der Waals surface area contributed by atoms with Crippen LogP contribution in [0, 0.1) is 6.92 Å². The number of aromatic nitrogens is 4. The van der Waals surface area contributed by atoms with Gasteiger partial charge in [0, 0.05) is 4.88 Å². The number of rotatable bonds is 4. The number of benzene rings is 1. The number of primary amides is 1. The first kappa shape index (κ1) is 17.4. The lowest BCUT2D eigenvalue weighted by Crippen LogP contribution is -2.22. The summed E-state index contributed by atoms with van der Waals surface area (Å²) in [5.74, 6) is 0.144. The third-order valence-electron chi connectivity index (χ3n) is 4.94. The van der Waals surface area contributed by atoms with Gasteiger partial charge in [0.2, 0.25) is 11.7 Å². The summed E-state index contributed by atoms with van der Waals surface area (Å²) in [6.45, 7) is 1.99. The molecule has 28 heavy (non-hydrogen) atoms. The fourth-order valence-corrected chi connectivity index (χ4v) is 5.89. The van der Waals surface area contributed by atoms with Crippen LogP contribution >= 0.6 is 23.1 Å². The lowest BCUT2D eigenvalue weighted by molar-refractivity contribution is -0.115. The van der Waals surface area contributed by atoms with Crippen molar-refractivity contribution in [1.29, 1.82) is 0 Å². The number of thiophene rings is 1. The van der Waals surface area contributed by atoms with Crippen LogP contribution in [-0.4, -0.2) is 30.8 Å². The molecule has 1 amide bonds. The van der Waals surface area contributed by atoms with E-state index in [1.54, 1.807) is 15.9 Å². The molecule has 0 atom stereocenters. The number of thioether (sulfide) groups is 1. The van der Waals surface area contributed by atoms with Crippen LogP contribution in [0.25, 0.3) is 21.7 Å². The second kappa shape index (κ2) is 6.46. The molecule has 1 aromatic carbocycles. The van der Waals surface area contributed by atoms with Crippen molar-refractivity contribution >= 4 is 45.0 Å². The molecule has 3 heterocycles. The van der Waals surface area contributed by atoms with Crippen LogP contribution in [0.15, 0.2) is 34.2 Å². The number of carbonyl (C=O) groups is 1. The molecule has 0 spiro atoms. The van der Waals surface area contributed by atoms with Crippen molar-refractivity contribution < 1.29 is 4.79 Å². The summed E-state index contributed by atoms with van der Waals surface area (Å²) in [6.07, 6.45) is 2.98. The second-order valence-electron chi connectivity index (χ2n) is 6.89. The van der Waals surface area contributed by atoms with Gasteiger partial charge in [0.15, 0.2) is 5.16 Å². The standard InChI is InChI=1S/C19H17N5O2S2/c1-10-4-2-5-11(8-10)23-16(26)15-12-6-3-7-13(12)28-17(15)24-18(23)21-22-19(24)27-9-14(20)25/h2,4-5,8H,3,6-7,9H2,1H3,(H2,20,25). The molecule has 0 unspecified atom stereocenters. The van der Waals surface area contributed by atoms with Gasteiger partial charge in [-0.2, -0.15) is 0 Å². The minimum Gasteiger partial charge on any atom is -0.369 e. The molecule has 1 aliphatic carbocycles. The van der Waals surface area contributed by atoms with Crippen LogP contribution in [0.2, 0.25) is 0 Å². The molecular weight excluding hydrogens is 394 g/mol. The number of fused-ring (bicyclic) bond motifs is 5.